The highest BCUT2D eigenvalue weighted by Gasteiger charge is 2.69. The first kappa shape index (κ1) is 12.0. The first-order valence-corrected chi connectivity index (χ1v) is 8.84. The number of amides is 1. The van der Waals surface area contributed by atoms with Crippen LogP contribution < -0.4 is 5.32 Å². The molecule has 0 aromatic rings. The molecular weight excluding hydrogens is 248 g/mol. The Morgan fingerprint density at radius 3 is 2.30 bits per heavy atom. The van der Waals surface area contributed by atoms with Gasteiger partial charge in [0.25, 0.3) is 0 Å². The van der Waals surface area contributed by atoms with Gasteiger partial charge in [-0.25, -0.2) is 0 Å². The lowest BCUT2D eigenvalue weighted by Crippen LogP contribution is -2.45. The third kappa shape index (κ3) is 1.43. The number of nitrogens with zero attached hydrogens (tertiary/aromatic N) is 1. The summed E-state index contributed by atoms with van der Waals surface area (Å²) >= 11 is 0. The van der Waals surface area contributed by atoms with Gasteiger partial charge < -0.3 is 4.90 Å². The zero-order valence-corrected chi connectivity index (χ0v) is 12.4. The van der Waals surface area contributed by atoms with Crippen LogP contribution in [0, 0.1) is 29.6 Å². The van der Waals surface area contributed by atoms with Gasteiger partial charge in [-0.15, -0.1) is 0 Å². The molecule has 3 heteroatoms. The van der Waals surface area contributed by atoms with Gasteiger partial charge in [-0.2, -0.15) is 0 Å². The van der Waals surface area contributed by atoms with Crippen LogP contribution in [-0.4, -0.2) is 29.1 Å². The maximum Gasteiger partial charge on any atom is 0.241 e. The molecule has 0 spiro atoms. The minimum Gasteiger partial charge on any atom is -0.322 e. The number of carbonyl (C=O) groups excluding carboxylic acids is 1. The summed E-state index contributed by atoms with van der Waals surface area (Å²) in [5, 5.41) is 3.63. The molecule has 5 fully saturated rings. The zero-order valence-electron chi connectivity index (χ0n) is 12.4. The standard InChI is InChI=1S/C17H26N2O/c1-9-17(20)19(16(18-9)10-4-2-3-5-10)15-13-11-6-7-12(8-11)14(13)15/h9-16,18H,2-8H2,1H3. The zero-order chi connectivity index (χ0) is 13.4. The average Bonchev–Trinajstić information content (AvgIpc) is 2.97. The molecule has 1 saturated heterocycles. The van der Waals surface area contributed by atoms with Gasteiger partial charge in [-0.05, 0) is 68.6 Å². The van der Waals surface area contributed by atoms with Crippen molar-refractivity contribution >= 4 is 5.91 Å². The molecule has 0 aromatic carbocycles. The maximum absolute atomic E-state index is 12.7. The normalized spacial score (nSPS) is 54.0. The van der Waals surface area contributed by atoms with Crippen LogP contribution in [0.5, 0.6) is 0 Å². The van der Waals surface area contributed by atoms with Gasteiger partial charge in [0.15, 0.2) is 0 Å². The Morgan fingerprint density at radius 1 is 1.00 bits per heavy atom. The van der Waals surface area contributed by atoms with Crippen molar-refractivity contribution in [3.8, 4) is 0 Å². The fourth-order valence-electron chi connectivity index (χ4n) is 6.39. The van der Waals surface area contributed by atoms with Crippen LogP contribution in [0.25, 0.3) is 0 Å². The van der Waals surface area contributed by atoms with E-state index in [2.05, 4.69) is 17.1 Å². The predicted octanol–water partition coefficient (Wildman–Crippen LogP) is 2.37. The summed E-state index contributed by atoms with van der Waals surface area (Å²) in [5.41, 5.74) is 0. The van der Waals surface area contributed by atoms with E-state index in [0.717, 1.165) is 29.6 Å². The molecule has 1 heterocycles. The van der Waals surface area contributed by atoms with Crippen molar-refractivity contribution in [1.82, 2.24) is 10.2 Å². The van der Waals surface area contributed by atoms with Crippen molar-refractivity contribution in [3.05, 3.63) is 0 Å². The third-order valence-corrected chi connectivity index (χ3v) is 7.21. The number of hydrogen-bond acceptors (Lipinski definition) is 2. The van der Waals surface area contributed by atoms with Crippen LogP contribution in [0.2, 0.25) is 0 Å². The number of carbonyl (C=O) groups is 1. The molecule has 5 rings (SSSR count). The summed E-state index contributed by atoms with van der Waals surface area (Å²) in [5.74, 6) is 4.82. The molecule has 1 aliphatic heterocycles. The van der Waals surface area contributed by atoms with Crippen LogP contribution in [0.15, 0.2) is 0 Å². The SMILES string of the molecule is CC1NC(C2CCCC2)N(C2C3C4CCC(C4)C32)C1=O. The van der Waals surface area contributed by atoms with Crippen molar-refractivity contribution < 1.29 is 4.79 Å². The molecule has 6 unspecified atom stereocenters. The highest BCUT2D eigenvalue weighted by Crippen LogP contribution is 2.68. The highest BCUT2D eigenvalue weighted by atomic mass is 16.2. The first-order chi connectivity index (χ1) is 9.75. The Labute approximate surface area is 121 Å². The molecule has 20 heavy (non-hydrogen) atoms. The molecule has 110 valence electrons. The lowest BCUT2D eigenvalue weighted by molar-refractivity contribution is -0.131. The van der Waals surface area contributed by atoms with Crippen LogP contribution in [-0.2, 0) is 4.79 Å². The Kier molecular flexibility index (Phi) is 2.40. The summed E-state index contributed by atoms with van der Waals surface area (Å²) in [4.78, 5) is 15.0. The van der Waals surface area contributed by atoms with Crippen molar-refractivity contribution in [2.75, 3.05) is 0 Å². The monoisotopic (exact) mass is 274 g/mol. The number of rotatable bonds is 2. The molecule has 3 nitrogen and oxygen atoms in total. The number of hydrogen-bond donors (Lipinski definition) is 1. The van der Waals surface area contributed by atoms with E-state index in [9.17, 15) is 4.79 Å². The van der Waals surface area contributed by atoms with E-state index in [0.29, 0.717) is 18.1 Å². The summed E-state index contributed by atoms with van der Waals surface area (Å²) in [6.45, 7) is 2.07. The van der Waals surface area contributed by atoms with E-state index >= 15 is 0 Å². The second-order valence-electron chi connectivity index (χ2n) is 8.10. The molecular formula is C17H26N2O. The molecule has 4 aliphatic carbocycles. The fraction of sp³-hybridized carbons (Fsp3) is 0.941. The summed E-state index contributed by atoms with van der Waals surface area (Å²) in [7, 11) is 0. The van der Waals surface area contributed by atoms with Crippen molar-refractivity contribution in [1.29, 1.82) is 0 Å². The van der Waals surface area contributed by atoms with E-state index in [-0.39, 0.29) is 6.04 Å². The lowest BCUT2D eigenvalue weighted by Gasteiger charge is -2.31. The predicted molar refractivity (Wildman–Crippen MR) is 76.8 cm³/mol. The number of fused-ring (bicyclic) bond motifs is 5. The Bertz CT molecular complexity index is 428. The molecule has 6 atom stereocenters. The third-order valence-electron chi connectivity index (χ3n) is 7.21. The summed E-state index contributed by atoms with van der Waals surface area (Å²) < 4.78 is 0. The molecule has 4 saturated carbocycles. The van der Waals surface area contributed by atoms with Crippen LogP contribution in [0.3, 0.4) is 0 Å². The quantitative estimate of drug-likeness (QED) is 0.838. The molecule has 1 N–H and O–H groups in total. The number of nitrogens with one attached hydrogen (secondary N) is 1. The molecule has 1 amide bonds. The Balaban J connectivity index is 1.41. The van der Waals surface area contributed by atoms with Crippen LogP contribution >= 0.6 is 0 Å². The second kappa shape index (κ2) is 4.00. The largest absolute Gasteiger partial charge is 0.322 e. The van der Waals surface area contributed by atoms with Gasteiger partial charge in [0, 0.05) is 6.04 Å². The van der Waals surface area contributed by atoms with Crippen LogP contribution in [0.1, 0.15) is 51.9 Å². The van der Waals surface area contributed by atoms with Crippen LogP contribution in [0.4, 0.5) is 0 Å². The Hall–Kier alpha value is -0.570. The highest BCUT2D eigenvalue weighted by molar-refractivity contribution is 5.84. The van der Waals surface area contributed by atoms with Gasteiger partial charge in [-0.3, -0.25) is 10.1 Å². The van der Waals surface area contributed by atoms with Crippen molar-refractivity contribution in [2.24, 2.45) is 29.6 Å². The topological polar surface area (TPSA) is 32.3 Å². The van der Waals surface area contributed by atoms with Gasteiger partial charge in [-0.1, -0.05) is 12.8 Å². The van der Waals surface area contributed by atoms with E-state index in [4.69, 9.17) is 0 Å². The Morgan fingerprint density at radius 2 is 1.65 bits per heavy atom. The summed E-state index contributed by atoms with van der Waals surface area (Å²) in [6.07, 6.45) is 10.1. The van der Waals surface area contributed by atoms with E-state index in [1.165, 1.54) is 44.9 Å². The fourth-order valence-corrected chi connectivity index (χ4v) is 6.39. The molecule has 5 aliphatic rings. The average molecular weight is 274 g/mol. The molecule has 0 radical (unpaired) electrons. The molecule has 2 bridgehead atoms. The molecule has 0 aromatic heterocycles. The minimum atomic E-state index is 0.0552. The lowest BCUT2D eigenvalue weighted by atomic mass is 10.0. The van der Waals surface area contributed by atoms with Crippen molar-refractivity contribution in [2.45, 2.75) is 70.1 Å². The van der Waals surface area contributed by atoms with Gasteiger partial charge in [0.1, 0.15) is 0 Å². The second-order valence-corrected chi connectivity index (χ2v) is 8.10. The van der Waals surface area contributed by atoms with Crippen molar-refractivity contribution in [3.63, 3.8) is 0 Å². The first-order valence-electron chi connectivity index (χ1n) is 8.84. The minimum absolute atomic E-state index is 0.0552. The summed E-state index contributed by atoms with van der Waals surface area (Å²) in [6, 6.07) is 0.677. The van der Waals surface area contributed by atoms with Gasteiger partial charge in [0.05, 0.1) is 12.2 Å². The van der Waals surface area contributed by atoms with E-state index in [1.54, 1.807) is 0 Å². The maximum atomic E-state index is 12.7. The van der Waals surface area contributed by atoms with E-state index < -0.39 is 0 Å². The smallest absolute Gasteiger partial charge is 0.241 e. The van der Waals surface area contributed by atoms with E-state index in [1.807, 2.05) is 0 Å². The van der Waals surface area contributed by atoms with Gasteiger partial charge in [0.2, 0.25) is 5.91 Å². The van der Waals surface area contributed by atoms with Gasteiger partial charge >= 0.3 is 0 Å².